The third-order valence-electron chi connectivity index (χ3n) is 10.9. The van der Waals surface area contributed by atoms with E-state index >= 15 is 0 Å². The van der Waals surface area contributed by atoms with E-state index in [1.54, 1.807) is 51.6 Å². The Morgan fingerprint density at radius 3 is 1.51 bits per heavy atom. The van der Waals surface area contributed by atoms with Crippen LogP contribution in [-0.4, -0.2) is 78.8 Å². The maximum absolute atomic E-state index is 12.7. The molecule has 0 radical (unpaired) electrons. The van der Waals surface area contributed by atoms with Crippen molar-refractivity contribution in [3.05, 3.63) is 144 Å². The second kappa shape index (κ2) is 31.3. The lowest BCUT2D eigenvalue weighted by Gasteiger charge is -2.09. The first-order valence-electron chi connectivity index (χ1n) is 23.8. The maximum Gasteiger partial charge on any atom is 0.388 e. The molecule has 2 aliphatic rings. The first-order chi connectivity index (χ1) is 34.5. The Hall–Kier alpha value is -7.13. The van der Waals surface area contributed by atoms with Gasteiger partial charge in [-0.25, -0.2) is 9.37 Å². The predicted octanol–water partition coefficient (Wildman–Crippen LogP) is 11.7. The summed E-state index contributed by atoms with van der Waals surface area (Å²) in [6.45, 7) is 2.29. The second-order valence-corrected chi connectivity index (χ2v) is 16.7. The first-order valence-corrected chi connectivity index (χ1v) is 23.8. The number of anilines is 5. The number of halogens is 5. The molecule has 1 unspecified atom stereocenters. The molecule has 2 saturated carbocycles. The molecule has 0 amide bonds. The minimum absolute atomic E-state index is 0.0354. The van der Waals surface area contributed by atoms with Gasteiger partial charge in [-0.15, -0.1) is 6.42 Å². The number of hydrogen-bond donors (Lipinski definition) is 6. The molecule has 0 saturated heterocycles. The van der Waals surface area contributed by atoms with E-state index in [-0.39, 0.29) is 17.0 Å². The Kier molecular flexibility index (Phi) is 25.7. The number of hydrogen-bond acceptors (Lipinski definition) is 13. The summed E-state index contributed by atoms with van der Waals surface area (Å²) in [4.78, 5) is 24.2. The normalized spacial score (nSPS) is 13.0. The quantitative estimate of drug-likeness (QED) is 0.0402. The number of terminal acetylenes is 1. The van der Waals surface area contributed by atoms with Gasteiger partial charge >= 0.3 is 6.61 Å². The van der Waals surface area contributed by atoms with Crippen LogP contribution in [0.3, 0.4) is 0 Å². The molecule has 6 aromatic heterocycles. The van der Waals surface area contributed by atoms with Crippen LogP contribution < -0.4 is 36.6 Å². The van der Waals surface area contributed by atoms with Gasteiger partial charge in [0, 0.05) is 72.4 Å². The lowest BCUT2D eigenvalue weighted by Crippen LogP contribution is -2.11. The molecule has 0 aliphatic heterocycles. The van der Waals surface area contributed by atoms with E-state index in [0.29, 0.717) is 12.2 Å². The Morgan fingerprint density at radius 1 is 0.653 bits per heavy atom. The fourth-order valence-corrected chi connectivity index (χ4v) is 6.18. The van der Waals surface area contributed by atoms with Crippen molar-refractivity contribution in [1.82, 2.24) is 35.2 Å². The van der Waals surface area contributed by atoms with Crippen LogP contribution in [0, 0.1) is 18.3 Å². The zero-order valence-corrected chi connectivity index (χ0v) is 42.8. The standard InChI is InChI=1S/C11H12N2.C10H14N2.C9H12F2N2.C9H14N2.C8H11FN2.C7H8F2N2O/c1-3-11(6-7-11)10-5-4-9(12-2)8-13-10;1-11-10-5-4-9(12-7-10)6-8-2-3-8;1-9(10,11)8-4-3-7(5-12-2)6-13-8;1-3-4-8-5-6-9(10-2)7-11-8;1-6(9)8-4-3-7(10-2)5-11-8;1-10-5-2-3-6(11-4-5)12-7(8)9/h1,4-5,8,12H,6-7H2,2H3;4-5,7-8,11H,2-3,6H2,1H3;3-4,6,12H,5H2,1-2H3;5-7,10H,3-4H2,1-2H3;3-6,10H,1-2H3;2-4,7,10H,1H3. The fraction of sp³-hybridized carbons (Fsp3) is 0.407. The molecule has 0 bridgehead atoms. The van der Waals surface area contributed by atoms with Crippen LogP contribution >= 0.6 is 0 Å². The molecule has 2 fully saturated rings. The smallest absolute Gasteiger partial charge is 0.388 e. The Morgan fingerprint density at radius 2 is 1.17 bits per heavy atom. The van der Waals surface area contributed by atoms with Gasteiger partial charge in [0.15, 0.2) is 0 Å². The van der Waals surface area contributed by atoms with E-state index in [0.717, 1.165) is 78.2 Å². The van der Waals surface area contributed by atoms with E-state index in [1.165, 1.54) is 62.1 Å². The molecule has 6 N–H and O–H groups in total. The highest BCUT2D eigenvalue weighted by atomic mass is 19.3. The minimum atomic E-state index is -2.85. The van der Waals surface area contributed by atoms with Gasteiger partial charge < -0.3 is 36.6 Å². The summed E-state index contributed by atoms with van der Waals surface area (Å²) in [5, 5.41) is 17.7. The van der Waals surface area contributed by atoms with Crippen molar-refractivity contribution in [1.29, 1.82) is 0 Å². The number of pyridine rings is 6. The monoisotopic (exact) mass is 999 g/mol. The number of alkyl halides is 5. The van der Waals surface area contributed by atoms with E-state index < -0.39 is 18.7 Å². The SMILES string of the molecule is C#CC1(c2ccc(NC)cn2)CC1.CCCc1ccc(NC)cn1.CNCc1ccc(C(C)(F)F)nc1.CNc1ccc(C(C)F)nc1.CNc1ccc(CC2CC2)nc1.CNc1ccc(OC(F)F)nc1. The van der Waals surface area contributed by atoms with E-state index in [2.05, 4.69) is 104 Å². The molecule has 2 aliphatic carbocycles. The van der Waals surface area contributed by atoms with Crippen LogP contribution in [-0.2, 0) is 30.7 Å². The van der Waals surface area contributed by atoms with E-state index in [4.69, 9.17) is 6.42 Å². The highest BCUT2D eigenvalue weighted by molar-refractivity contribution is 5.45. The average Bonchev–Trinajstić information content (AvgIpc) is 4.36. The Bertz CT molecular complexity index is 2360. The summed E-state index contributed by atoms with van der Waals surface area (Å²) in [7, 11) is 11.0. The second-order valence-electron chi connectivity index (χ2n) is 16.7. The number of ether oxygens (including phenoxy) is 1. The molecule has 1 atom stereocenters. The lowest BCUT2D eigenvalue weighted by atomic mass is 10.0. The molecule has 8 rings (SSSR count). The van der Waals surface area contributed by atoms with Gasteiger partial charge in [0.05, 0.1) is 76.2 Å². The van der Waals surface area contributed by atoms with Crippen LogP contribution in [0.4, 0.5) is 50.4 Å². The number of nitrogens with one attached hydrogen (secondary N) is 6. The van der Waals surface area contributed by atoms with Crippen molar-refractivity contribution in [3.63, 3.8) is 0 Å². The lowest BCUT2D eigenvalue weighted by molar-refractivity contribution is -0.0528. The topological polar surface area (TPSA) is 159 Å². The molecule has 13 nitrogen and oxygen atoms in total. The molecule has 388 valence electrons. The van der Waals surface area contributed by atoms with E-state index in [9.17, 15) is 22.0 Å². The average molecular weight is 999 g/mol. The van der Waals surface area contributed by atoms with Crippen molar-refractivity contribution < 1.29 is 26.7 Å². The van der Waals surface area contributed by atoms with Crippen molar-refractivity contribution in [3.8, 4) is 18.2 Å². The zero-order valence-electron chi connectivity index (χ0n) is 42.8. The van der Waals surface area contributed by atoms with Crippen molar-refractivity contribution in [2.75, 3.05) is 68.9 Å². The predicted molar refractivity (Wildman–Crippen MR) is 282 cm³/mol. The number of nitrogens with zero attached hydrogens (tertiary/aromatic N) is 6. The summed E-state index contributed by atoms with van der Waals surface area (Å²) in [5.41, 5.74) is 9.43. The van der Waals surface area contributed by atoms with E-state index in [1.807, 2.05) is 51.9 Å². The molecule has 18 heteroatoms. The van der Waals surface area contributed by atoms with Gasteiger partial charge in [0.2, 0.25) is 5.88 Å². The summed E-state index contributed by atoms with van der Waals surface area (Å²) < 4.78 is 65.3. The third-order valence-corrected chi connectivity index (χ3v) is 10.9. The van der Waals surface area contributed by atoms with Gasteiger partial charge in [-0.3, -0.25) is 24.9 Å². The zero-order chi connectivity index (χ0) is 52.9. The van der Waals surface area contributed by atoms with Crippen molar-refractivity contribution in [2.45, 2.75) is 96.4 Å². The largest absolute Gasteiger partial charge is 0.417 e. The van der Waals surface area contributed by atoms with Crippen LogP contribution in [0.25, 0.3) is 0 Å². The molecular weight excluding hydrogens is 928 g/mol. The molecule has 6 aromatic rings. The Balaban J connectivity index is 0.000000228. The third kappa shape index (κ3) is 22.3. The van der Waals surface area contributed by atoms with Gasteiger partial charge in [-0.2, -0.15) is 17.6 Å². The van der Waals surface area contributed by atoms with Gasteiger partial charge in [-0.1, -0.05) is 25.3 Å². The first kappa shape index (κ1) is 59.2. The summed E-state index contributed by atoms with van der Waals surface area (Å²) in [5.74, 6) is 0.823. The molecule has 72 heavy (non-hydrogen) atoms. The molecule has 6 heterocycles. The van der Waals surface area contributed by atoms with Gasteiger partial charge in [-0.05, 0) is 125 Å². The molecule has 0 spiro atoms. The fourth-order valence-electron chi connectivity index (χ4n) is 6.18. The number of aromatic nitrogens is 6. The Labute approximate surface area is 422 Å². The molecule has 0 aromatic carbocycles. The van der Waals surface area contributed by atoms with Crippen LogP contribution in [0.5, 0.6) is 5.88 Å². The summed E-state index contributed by atoms with van der Waals surface area (Å²) in [6, 6.07) is 21.8. The maximum atomic E-state index is 12.7. The van der Waals surface area contributed by atoms with Crippen LogP contribution in [0.2, 0.25) is 0 Å². The molecular formula is C54H71F5N12O. The number of aryl methyl sites for hydroxylation is 1. The van der Waals surface area contributed by atoms with Crippen LogP contribution in [0.15, 0.2) is 110 Å². The minimum Gasteiger partial charge on any atom is -0.417 e. The van der Waals surface area contributed by atoms with Gasteiger partial charge in [0.25, 0.3) is 5.92 Å². The summed E-state index contributed by atoms with van der Waals surface area (Å²) in [6.07, 6.45) is 22.9. The summed E-state index contributed by atoms with van der Waals surface area (Å²) >= 11 is 0. The highest BCUT2D eigenvalue weighted by Crippen LogP contribution is 2.46. The van der Waals surface area contributed by atoms with Gasteiger partial charge in [0.1, 0.15) is 11.9 Å². The number of rotatable bonds is 16. The highest BCUT2D eigenvalue weighted by Gasteiger charge is 2.43. The van der Waals surface area contributed by atoms with Crippen LogP contribution in [0.1, 0.15) is 93.1 Å². The van der Waals surface area contributed by atoms with Crippen molar-refractivity contribution >= 4 is 28.4 Å². The van der Waals surface area contributed by atoms with Crippen molar-refractivity contribution in [2.24, 2.45) is 5.92 Å².